The Kier molecular flexibility index (Phi) is 5.56. The van der Waals surface area contributed by atoms with Gasteiger partial charge in [0, 0.05) is 37.3 Å². The van der Waals surface area contributed by atoms with Gasteiger partial charge in [0.15, 0.2) is 0 Å². The second-order valence-electron chi connectivity index (χ2n) is 5.46. The van der Waals surface area contributed by atoms with Crippen LogP contribution < -0.4 is 0 Å². The van der Waals surface area contributed by atoms with Gasteiger partial charge in [-0.3, -0.25) is 9.69 Å². The molecule has 1 heterocycles. The summed E-state index contributed by atoms with van der Waals surface area (Å²) in [5, 5.41) is 9.78. The van der Waals surface area contributed by atoms with Crippen molar-refractivity contribution >= 4 is 17.5 Å². The van der Waals surface area contributed by atoms with E-state index in [0.29, 0.717) is 36.5 Å². The van der Waals surface area contributed by atoms with Crippen LogP contribution in [0.3, 0.4) is 0 Å². The molecule has 1 amide bonds. The lowest BCUT2D eigenvalue weighted by molar-refractivity contribution is -0.132. The Morgan fingerprint density at radius 1 is 1.48 bits per heavy atom. The van der Waals surface area contributed by atoms with E-state index in [4.69, 9.17) is 11.6 Å². The second kappa shape index (κ2) is 7.20. The first-order chi connectivity index (χ1) is 9.97. The number of amides is 1. The molecule has 0 unspecified atom stereocenters. The number of nitrogens with zero attached hydrogens (tertiary/aromatic N) is 2. The first kappa shape index (κ1) is 16.2. The highest BCUT2D eigenvalue weighted by Gasteiger charge is 2.21. The fourth-order valence-corrected chi connectivity index (χ4v) is 2.62. The highest BCUT2D eigenvalue weighted by molar-refractivity contribution is 6.31. The second-order valence-corrected chi connectivity index (χ2v) is 5.86. The molecule has 6 heteroatoms. The normalized spacial score (nSPS) is 17.0. The van der Waals surface area contributed by atoms with Gasteiger partial charge in [0.2, 0.25) is 5.91 Å². The molecule has 1 aliphatic heterocycles. The average molecular weight is 315 g/mol. The van der Waals surface area contributed by atoms with Crippen molar-refractivity contribution in [1.82, 2.24) is 9.80 Å². The molecule has 0 spiro atoms. The monoisotopic (exact) mass is 314 g/mol. The first-order valence-corrected chi connectivity index (χ1v) is 7.42. The number of halogens is 2. The van der Waals surface area contributed by atoms with Crippen LogP contribution in [0.5, 0.6) is 0 Å². The van der Waals surface area contributed by atoms with E-state index in [1.165, 1.54) is 11.0 Å². The Balaban J connectivity index is 1.91. The van der Waals surface area contributed by atoms with Crippen LogP contribution in [0.2, 0.25) is 5.02 Å². The summed E-state index contributed by atoms with van der Waals surface area (Å²) in [6.07, 6.45) is 1.12. The molecular weight excluding hydrogens is 295 g/mol. The molecule has 21 heavy (non-hydrogen) atoms. The number of aliphatic hydroxyl groups excluding tert-OH is 1. The van der Waals surface area contributed by atoms with E-state index in [2.05, 4.69) is 0 Å². The molecule has 0 bridgehead atoms. The number of hydrogen-bond donors (Lipinski definition) is 1. The van der Waals surface area contributed by atoms with E-state index in [-0.39, 0.29) is 25.1 Å². The molecule has 1 aliphatic rings. The van der Waals surface area contributed by atoms with Crippen molar-refractivity contribution in [2.75, 3.05) is 26.7 Å². The van der Waals surface area contributed by atoms with Gasteiger partial charge in [-0.2, -0.15) is 0 Å². The Labute approximate surface area is 129 Å². The van der Waals surface area contributed by atoms with Gasteiger partial charge in [-0.25, -0.2) is 4.39 Å². The SMILES string of the molecule is CN(Cc1c(F)cccc1Cl)C(=O)CN1CCC(O)CC1. The molecular formula is C15H20ClFN2O2. The lowest BCUT2D eigenvalue weighted by Crippen LogP contribution is -2.43. The minimum absolute atomic E-state index is 0.0780. The van der Waals surface area contributed by atoms with Crippen molar-refractivity contribution in [2.24, 2.45) is 0 Å². The summed E-state index contributed by atoms with van der Waals surface area (Å²) in [6, 6.07) is 4.50. The van der Waals surface area contributed by atoms with Gasteiger partial charge in [0.05, 0.1) is 12.6 Å². The number of likely N-dealkylation sites (N-methyl/N-ethyl adjacent to an activating group) is 1. The highest BCUT2D eigenvalue weighted by atomic mass is 35.5. The molecule has 1 fully saturated rings. The van der Waals surface area contributed by atoms with E-state index < -0.39 is 5.82 Å². The topological polar surface area (TPSA) is 43.8 Å². The van der Waals surface area contributed by atoms with Crippen molar-refractivity contribution in [3.8, 4) is 0 Å². The molecule has 0 aliphatic carbocycles. The maximum absolute atomic E-state index is 13.7. The lowest BCUT2D eigenvalue weighted by atomic mass is 10.1. The lowest BCUT2D eigenvalue weighted by Gasteiger charge is -2.30. The summed E-state index contributed by atoms with van der Waals surface area (Å²) in [7, 11) is 1.64. The maximum atomic E-state index is 13.7. The third-order valence-corrected chi connectivity index (χ3v) is 4.15. The molecule has 1 aromatic carbocycles. The first-order valence-electron chi connectivity index (χ1n) is 7.04. The molecule has 0 saturated carbocycles. The van der Waals surface area contributed by atoms with Crippen molar-refractivity contribution in [1.29, 1.82) is 0 Å². The van der Waals surface area contributed by atoms with Crippen LogP contribution >= 0.6 is 11.6 Å². The molecule has 1 aromatic rings. The van der Waals surface area contributed by atoms with E-state index in [9.17, 15) is 14.3 Å². The molecule has 1 saturated heterocycles. The molecule has 0 aromatic heterocycles. The van der Waals surface area contributed by atoms with E-state index in [1.807, 2.05) is 4.90 Å². The third kappa shape index (κ3) is 4.40. The number of carbonyl (C=O) groups excluding carboxylic acids is 1. The van der Waals surface area contributed by atoms with Crippen LogP contribution in [-0.4, -0.2) is 53.6 Å². The molecule has 4 nitrogen and oxygen atoms in total. The zero-order chi connectivity index (χ0) is 15.4. The Morgan fingerprint density at radius 3 is 2.76 bits per heavy atom. The third-order valence-electron chi connectivity index (χ3n) is 3.80. The summed E-state index contributed by atoms with van der Waals surface area (Å²) in [4.78, 5) is 15.7. The predicted molar refractivity (Wildman–Crippen MR) is 79.6 cm³/mol. The number of likely N-dealkylation sites (tertiary alicyclic amines) is 1. The molecule has 0 atom stereocenters. The van der Waals surface area contributed by atoms with Crippen LogP contribution in [0.4, 0.5) is 4.39 Å². The summed E-state index contributed by atoms with van der Waals surface area (Å²) in [6.45, 7) is 1.86. The summed E-state index contributed by atoms with van der Waals surface area (Å²) >= 11 is 5.97. The van der Waals surface area contributed by atoms with Gasteiger partial charge in [0.1, 0.15) is 5.82 Å². The average Bonchev–Trinajstić information content (AvgIpc) is 2.45. The predicted octanol–water partition coefficient (Wildman–Crippen LogP) is 1.89. The Bertz CT molecular complexity index is 484. The summed E-state index contributed by atoms with van der Waals surface area (Å²) in [5.41, 5.74) is 0.337. The minimum atomic E-state index is -0.400. The quantitative estimate of drug-likeness (QED) is 0.923. The van der Waals surface area contributed by atoms with Gasteiger partial charge in [0.25, 0.3) is 0 Å². The zero-order valence-corrected chi connectivity index (χ0v) is 12.8. The van der Waals surface area contributed by atoms with Crippen LogP contribution in [0.15, 0.2) is 18.2 Å². The maximum Gasteiger partial charge on any atom is 0.236 e. The molecule has 0 radical (unpaired) electrons. The molecule has 2 rings (SSSR count). The number of piperidine rings is 1. The fourth-order valence-electron chi connectivity index (χ4n) is 2.40. The van der Waals surface area contributed by atoms with Crippen LogP contribution in [0.1, 0.15) is 18.4 Å². The summed E-state index contributed by atoms with van der Waals surface area (Å²) < 4.78 is 13.7. The minimum Gasteiger partial charge on any atom is -0.393 e. The number of aliphatic hydroxyl groups is 1. The summed E-state index contributed by atoms with van der Waals surface area (Å²) in [5.74, 6) is -0.478. The van der Waals surface area contributed by atoms with E-state index >= 15 is 0 Å². The van der Waals surface area contributed by atoms with Crippen molar-refractivity contribution in [3.05, 3.63) is 34.6 Å². The molecule has 116 valence electrons. The zero-order valence-electron chi connectivity index (χ0n) is 12.1. The number of hydrogen-bond acceptors (Lipinski definition) is 3. The number of benzene rings is 1. The van der Waals surface area contributed by atoms with Crippen molar-refractivity contribution < 1.29 is 14.3 Å². The Hall–Kier alpha value is -1.17. The standard InChI is InChI=1S/C15H20ClFN2O2/c1-18(9-12-13(16)3-2-4-14(12)17)15(21)10-19-7-5-11(20)6-8-19/h2-4,11,20H,5-10H2,1H3. The highest BCUT2D eigenvalue weighted by Crippen LogP contribution is 2.20. The van der Waals surface area contributed by atoms with Gasteiger partial charge < -0.3 is 10.0 Å². The number of carbonyl (C=O) groups is 1. The van der Waals surface area contributed by atoms with Gasteiger partial charge in [-0.1, -0.05) is 17.7 Å². The largest absolute Gasteiger partial charge is 0.393 e. The van der Waals surface area contributed by atoms with Gasteiger partial charge in [-0.05, 0) is 25.0 Å². The molecule has 1 N–H and O–H groups in total. The smallest absolute Gasteiger partial charge is 0.236 e. The Morgan fingerprint density at radius 2 is 2.14 bits per heavy atom. The number of rotatable bonds is 4. The van der Waals surface area contributed by atoms with E-state index in [0.717, 1.165) is 0 Å². The van der Waals surface area contributed by atoms with Gasteiger partial charge >= 0.3 is 0 Å². The van der Waals surface area contributed by atoms with Gasteiger partial charge in [-0.15, -0.1) is 0 Å². The van der Waals surface area contributed by atoms with E-state index in [1.54, 1.807) is 19.2 Å². The van der Waals surface area contributed by atoms with Crippen molar-refractivity contribution in [2.45, 2.75) is 25.5 Å². The van der Waals surface area contributed by atoms with Crippen LogP contribution in [0.25, 0.3) is 0 Å². The van der Waals surface area contributed by atoms with Crippen LogP contribution in [0, 0.1) is 5.82 Å². The fraction of sp³-hybridized carbons (Fsp3) is 0.533. The van der Waals surface area contributed by atoms with Crippen LogP contribution in [-0.2, 0) is 11.3 Å². The van der Waals surface area contributed by atoms with Crippen molar-refractivity contribution in [3.63, 3.8) is 0 Å².